The van der Waals surface area contributed by atoms with E-state index in [1.54, 1.807) is 24.3 Å². The Labute approximate surface area is 110 Å². The molecule has 1 heterocycles. The summed E-state index contributed by atoms with van der Waals surface area (Å²) in [5, 5.41) is 8.83. The van der Waals surface area contributed by atoms with Crippen LogP contribution < -0.4 is 10.5 Å². The Kier molecular flexibility index (Phi) is 4.10. The van der Waals surface area contributed by atoms with Crippen molar-refractivity contribution in [1.82, 2.24) is 4.98 Å². The number of benzene rings is 1. The van der Waals surface area contributed by atoms with Crippen molar-refractivity contribution in [3.05, 3.63) is 53.7 Å². The SMILES string of the molecule is NC(=O)c1cccnc1Oc1ccc(CCO)cc1. The minimum atomic E-state index is -0.583. The predicted octanol–water partition coefficient (Wildman–Crippen LogP) is 1.51. The van der Waals surface area contributed by atoms with E-state index in [0.717, 1.165) is 5.56 Å². The van der Waals surface area contributed by atoms with Gasteiger partial charge in [-0.2, -0.15) is 0 Å². The van der Waals surface area contributed by atoms with Crippen molar-refractivity contribution in [2.75, 3.05) is 6.61 Å². The van der Waals surface area contributed by atoms with E-state index in [0.29, 0.717) is 12.2 Å². The molecule has 1 amide bonds. The van der Waals surface area contributed by atoms with Gasteiger partial charge in [-0.25, -0.2) is 4.98 Å². The highest BCUT2D eigenvalue weighted by atomic mass is 16.5. The van der Waals surface area contributed by atoms with Crippen LogP contribution in [0.15, 0.2) is 42.6 Å². The summed E-state index contributed by atoms with van der Waals surface area (Å²) in [6, 6.07) is 10.4. The standard InChI is InChI=1S/C14H14N2O3/c15-13(18)12-2-1-8-16-14(12)19-11-5-3-10(4-6-11)7-9-17/h1-6,8,17H,7,9H2,(H2,15,18). The number of hydrogen-bond donors (Lipinski definition) is 2. The number of hydrogen-bond acceptors (Lipinski definition) is 4. The molecule has 1 aromatic carbocycles. The summed E-state index contributed by atoms with van der Waals surface area (Å²) in [6.45, 7) is 0.103. The molecular weight excluding hydrogens is 244 g/mol. The highest BCUT2D eigenvalue weighted by Gasteiger charge is 2.10. The lowest BCUT2D eigenvalue weighted by molar-refractivity contribution is 0.0997. The van der Waals surface area contributed by atoms with Gasteiger partial charge in [-0.05, 0) is 36.2 Å². The molecule has 19 heavy (non-hydrogen) atoms. The Bertz CT molecular complexity index is 567. The molecule has 98 valence electrons. The number of aliphatic hydroxyl groups is 1. The Morgan fingerprint density at radius 1 is 1.26 bits per heavy atom. The summed E-state index contributed by atoms with van der Waals surface area (Å²) in [5.74, 6) is 0.160. The number of carbonyl (C=O) groups excluding carboxylic acids is 1. The van der Waals surface area contributed by atoms with E-state index in [1.807, 2.05) is 12.1 Å². The molecule has 0 radical (unpaired) electrons. The number of rotatable bonds is 5. The second-order valence-corrected chi connectivity index (χ2v) is 3.94. The fourth-order valence-electron chi connectivity index (χ4n) is 1.62. The summed E-state index contributed by atoms with van der Waals surface area (Å²) in [4.78, 5) is 15.2. The number of aromatic nitrogens is 1. The molecule has 0 saturated carbocycles. The Morgan fingerprint density at radius 3 is 2.63 bits per heavy atom. The second kappa shape index (κ2) is 5.97. The average molecular weight is 258 g/mol. The molecule has 0 atom stereocenters. The summed E-state index contributed by atoms with van der Waals surface area (Å²) in [6.07, 6.45) is 2.12. The number of ether oxygens (including phenoxy) is 1. The quantitative estimate of drug-likeness (QED) is 0.851. The lowest BCUT2D eigenvalue weighted by atomic mass is 10.1. The van der Waals surface area contributed by atoms with Crippen molar-refractivity contribution >= 4 is 5.91 Å². The fraction of sp³-hybridized carbons (Fsp3) is 0.143. The smallest absolute Gasteiger partial charge is 0.254 e. The highest BCUT2D eigenvalue weighted by molar-refractivity contribution is 5.95. The molecule has 0 fully saturated rings. The third-order valence-electron chi connectivity index (χ3n) is 2.57. The molecule has 2 aromatic rings. The molecule has 0 aliphatic carbocycles. The normalized spacial score (nSPS) is 10.2. The van der Waals surface area contributed by atoms with Crippen LogP contribution in [0.25, 0.3) is 0 Å². The molecular formula is C14H14N2O3. The van der Waals surface area contributed by atoms with Gasteiger partial charge in [0.15, 0.2) is 0 Å². The van der Waals surface area contributed by atoms with Crippen molar-refractivity contribution in [3.8, 4) is 11.6 Å². The van der Waals surface area contributed by atoms with Gasteiger partial charge in [0.25, 0.3) is 5.91 Å². The molecule has 0 saturated heterocycles. The maximum Gasteiger partial charge on any atom is 0.254 e. The molecule has 1 aromatic heterocycles. The van der Waals surface area contributed by atoms with Crippen LogP contribution in [0.5, 0.6) is 11.6 Å². The largest absolute Gasteiger partial charge is 0.438 e. The first-order chi connectivity index (χ1) is 9.20. The number of amides is 1. The summed E-state index contributed by atoms with van der Waals surface area (Å²) in [5.41, 5.74) is 6.49. The van der Waals surface area contributed by atoms with Gasteiger partial charge >= 0.3 is 0 Å². The minimum Gasteiger partial charge on any atom is -0.438 e. The first kappa shape index (κ1) is 13.0. The van der Waals surface area contributed by atoms with Crippen LogP contribution in [-0.2, 0) is 6.42 Å². The van der Waals surface area contributed by atoms with Crippen LogP contribution in [0.4, 0.5) is 0 Å². The van der Waals surface area contributed by atoms with E-state index >= 15 is 0 Å². The van der Waals surface area contributed by atoms with Crippen LogP contribution >= 0.6 is 0 Å². The zero-order valence-corrected chi connectivity index (χ0v) is 10.2. The van der Waals surface area contributed by atoms with Crippen LogP contribution in [-0.4, -0.2) is 22.6 Å². The van der Waals surface area contributed by atoms with Gasteiger partial charge in [0, 0.05) is 12.8 Å². The Morgan fingerprint density at radius 2 is 2.00 bits per heavy atom. The first-order valence-electron chi connectivity index (χ1n) is 5.83. The predicted molar refractivity (Wildman–Crippen MR) is 70.1 cm³/mol. The van der Waals surface area contributed by atoms with Gasteiger partial charge in [0.1, 0.15) is 11.3 Å². The lowest BCUT2D eigenvalue weighted by Gasteiger charge is -2.08. The van der Waals surface area contributed by atoms with Gasteiger partial charge in [-0.1, -0.05) is 12.1 Å². The van der Waals surface area contributed by atoms with E-state index < -0.39 is 5.91 Å². The van der Waals surface area contributed by atoms with Crippen LogP contribution in [0, 0.1) is 0 Å². The number of nitrogens with zero attached hydrogens (tertiary/aromatic N) is 1. The molecule has 5 nitrogen and oxygen atoms in total. The summed E-state index contributed by atoms with van der Waals surface area (Å²) >= 11 is 0. The molecule has 0 spiro atoms. The van der Waals surface area contributed by atoms with Crippen molar-refractivity contribution in [2.24, 2.45) is 5.73 Å². The maximum absolute atomic E-state index is 11.2. The van der Waals surface area contributed by atoms with Crippen LogP contribution in [0.1, 0.15) is 15.9 Å². The lowest BCUT2D eigenvalue weighted by Crippen LogP contribution is -2.12. The van der Waals surface area contributed by atoms with Crippen molar-refractivity contribution in [2.45, 2.75) is 6.42 Å². The molecule has 0 unspecified atom stereocenters. The van der Waals surface area contributed by atoms with Crippen LogP contribution in [0.2, 0.25) is 0 Å². The first-order valence-corrected chi connectivity index (χ1v) is 5.83. The molecule has 2 rings (SSSR count). The number of pyridine rings is 1. The Balaban J connectivity index is 2.19. The monoisotopic (exact) mass is 258 g/mol. The third-order valence-corrected chi connectivity index (χ3v) is 2.57. The highest BCUT2D eigenvalue weighted by Crippen LogP contribution is 2.22. The van der Waals surface area contributed by atoms with E-state index in [-0.39, 0.29) is 18.1 Å². The van der Waals surface area contributed by atoms with Gasteiger partial charge < -0.3 is 15.6 Å². The maximum atomic E-state index is 11.2. The number of carbonyl (C=O) groups is 1. The zero-order chi connectivity index (χ0) is 13.7. The van der Waals surface area contributed by atoms with Crippen molar-refractivity contribution in [3.63, 3.8) is 0 Å². The molecule has 3 N–H and O–H groups in total. The fourth-order valence-corrected chi connectivity index (χ4v) is 1.62. The summed E-state index contributed by atoms with van der Waals surface area (Å²) in [7, 11) is 0. The van der Waals surface area contributed by atoms with Gasteiger partial charge in [-0.15, -0.1) is 0 Å². The number of aliphatic hydroxyl groups excluding tert-OH is 1. The molecule has 0 aliphatic rings. The van der Waals surface area contributed by atoms with E-state index in [4.69, 9.17) is 15.6 Å². The van der Waals surface area contributed by atoms with Crippen LogP contribution in [0.3, 0.4) is 0 Å². The minimum absolute atomic E-state index is 0.103. The van der Waals surface area contributed by atoms with E-state index in [1.165, 1.54) is 6.20 Å². The Hall–Kier alpha value is -2.40. The zero-order valence-electron chi connectivity index (χ0n) is 10.2. The molecule has 5 heteroatoms. The van der Waals surface area contributed by atoms with Gasteiger partial charge in [-0.3, -0.25) is 4.79 Å². The number of nitrogens with two attached hydrogens (primary N) is 1. The average Bonchev–Trinajstić information content (AvgIpc) is 2.42. The molecule has 0 aliphatic heterocycles. The topological polar surface area (TPSA) is 85.4 Å². The van der Waals surface area contributed by atoms with Crippen molar-refractivity contribution < 1.29 is 14.6 Å². The summed E-state index contributed by atoms with van der Waals surface area (Å²) < 4.78 is 5.53. The molecule has 0 bridgehead atoms. The van der Waals surface area contributed by atoms with Gasteiger partial charge in [0.2, 0.25) is 5.88 Å². The van der Waals surface area contributed by atoms with Crippen molar-refractivity contribution in [1.29, 1.82) is 0 Å². The van der Waals surface area contributed by atoms with E-state index in [9.17, 15) is 4.79 Å². The second-order valence-electron chi connectivity index (χ2n) is 3.94. The third kappa shape index (κ3) is 3.29. The number of primary amides is 1. The van der Waals surface area contributed by atoms with E-state index in [2.05, 4.69) is 4.98 Å². The van der Waals surface area contributed by atoms with Gasteiger partial charge in [0.05, 0.1) is 0 Å².